The van der Waals surface area contributed by atoms with Crippen molar-refractivity contribution in [3.63, 3.8) is 0 Å². The van der Waals surface area contributed by atoms with Crippen LogP contribution in [-0.4, -0.2) is 15.0 Å². The third kappa shape index (κ3) is 2.96. The second-order valence-electron chi connectivity index (χ2n) is 6.97. The molecule has 1 aromatic carbocycles. The molecule has 0 spiro atoms. The summed E-state index contributed by atoms with van der Waals surface area (Å²) in [4.78, 5) is 23.1. The molecule has 0 radical (unpaired) electrons. The van der Waals surface area contributed by atoms with E-state index in [1.165, 1.54) is 12.1 Å². The summed E-state index contributed by atoms with van der Waals surface area (Å²) < 4.78 is 13.5. The molecule has 3 N–H and O–H groups in total. The van der Waals surface area contributed by atoms with E-state index in [-0.39, 0.29) is 10.6 Å². The molecule has 5 rings (SSSR count). The van der Waals surface area contributed by atoms with Crippen LogP contribution in [0.25, 0.3) is 22.2 Å². The Morgan fingerprint density at radius 2 is 2.00 bits per heavy atom. The van der Waals surface area contributed by atoms with Crippen LogP contribution in [0.1, 0.15) is 24.5 Å². The zero-order valence-electron chi connectivity index (χ0n) is 14.7. The molecule has 3 heterocycles. The standard InChI is InChI=1S/C21H16ClFN4O/c22-15-9-12(3-4-16(15)23)14-10-18(19(11-1-2-11)27-21(14)28)26-17-6-8-25-20-13(17)5-7-24-20/h3-11H,1-2H2,(H,27,28)(H2,24,25,26). The van der Waals surface area contributed by atoms with Gasteiger partial charge in [0, 0.05) is 35.0 Å². The average molecular weight is 395 g/mol. The maximum atomic E-state index is 13.5. The summed E-state index contributed by atoms with van der Waals surface area (Å²) in [6, 6.07) is 9.96. The fourth-order valence-corrected chi connectivity index (χ4v) is 3.62. The Morgan fingerprint density at radius 1 is 1.14 bits per heavy atom. The molecular formula is C21H16ClFN4O. The Hall–Kier alpha value is -3.12. The minimum Gasteiger partial charge on any atom is -0.353 e. The summed E-state index contributed by atoms with van der Waals surface area (Å²) in [6.07, 6.45) is 5.65. The number of pyridine rings is 2. The van der Waals surface area contributed by atoms with E-state index in [0.717, 1.165) is 40.9 Å². The van der Waals surface area contributed by atoms with Crippen LogP contribution >= 0.6 is 11.6 Å². The normalized spacial score (nSPS) is 13.8. The van der Waals surface area contributed by atoms with Crippen molar-refractivity contribution in [2.24, 2.45) is 0 Å². The summed E-state index contributed by atoms with van der Waals surface area (Å²) in [6.45, 7) is 0. The molecule has 0 bridgehead atoms. The number of hydrogen-bond donors (Lipinski definition) is 3. The Morgan fingerprint density at radius 3 is 2.79 bits per heavy atom. The average Bonchev–Trinajstić information content (AvgIpc) is 3.42. The van der Waals surface area contributed by atoms with Crippen LogP contribution in [0.15, 0.2) is 53.6 Å². The maximum absolute atomic E-state index is 13.5. The van der Waals surface area contributed by atoms with Crippen LogP contribution in [0, 0.1) is 5.82 Å². The molecule has 1 aliphatic carbocycles. The lowest BCUT2D eigenvalue weighted by atomic mass is 10.0. The number of anilines is 2. The highest BCUT2D eigenvalue weighted by molar-refractivity contribution is 6.31. The first-order valence-electron chi connectivity index (χ1n) is 9.02. The molecule has 0 atom stereocenters. The second kappa shape index (κ2) is 6.49. The smallest absolute Gasteiger partial charge is 0.256 e. The molecule has 0 aliphatic heterocycles. The van der Waals surface area contributed by atoms with Gasteiger partial charge in [-0.25, -0.2) is 9.37 Å². The predicted octanol–water partition coefficient (Wildman–Crippen LogP) is 5.33. The minimum absolute atomic E-state index is 0.0131. The minimum atomic E-state index is -0.513. The van der Waals surface area contributed by atoms with Crippen LogP contribution in [0.2, 0.25) is 5.02 Å². The summed E-state index contributed by atoms with van der Waals surface area (Å²) in [7, 11) is 0. The number of fused-ring (bicyclic) bond motifs is 1. The number of aromatic nitrogens is 3. The lowest BCUT2D eigenvalue weighted by Gasteiger charge is -2.14. The molecule has 0 unspecified atom stereocenters. The summed E-state index contributed by atoms with van der Waals surface area (Å²) >= 11 is 5.92. The number of nitrogens with zero attached hydrogens (tertiary/aromatic N) is 1. The van der Waals surface area contributed by atoms with Gasteiger partial charge in [-0.3, -0.25) is 4.79 Å². The van der Waals surface area contributed by atoms with Crippen molar-refractivity contribution >= 4 is 34.0 Å². The number of hydrogen-bond acceptors (Lipinski definition) is 3. The molecule has 7 heteroatoms. The van der Waals surface area contributed by atoms with Gasteiger partial charge in [0.1, 0.15) is 11.5 Å². The van der Waals surface area contributed by atoms with Crippen molar-refractivity contribution in [3.8, 4) is 11.1 Å². The van der Waals surface area contributed by atoms with Gasteiger partial charge >= 0.3 is 0 Å². The van der Waals surface area contributed by atoms with E-state index < -0.39 is 5.82 Å². The summed E-state index contributed by atoms with van der Waals surface area (Å²) in [5, 5.41) is 4.40. The van der Waals surface area contributed by atoms with Crippen molar-refractivity contribution in [1.29, 1.82) is 0 Å². The van der Waals surface area contributed by atoms with Gasteiger partial charge in [-0.05, 0) is 48.7 Å². The Kier molecular flexibility index (Phi) is 3.94. The molecular weight excluding hydrogens is 379 g/mol. The zero-order valence-corrected chi connectivity index (χ0v) is 15.5. The number of aromatic amines is 2. The SMILES string of the molecule is O=c1[nH]c(C2CC2)c(Nc2ccnc3[nH]ccc23)cc1-c1ccc(F)c(Cl)c1. The highest BCUT2D eigenvalue weighted by atomic mass is 35.5. The van der Waals surface area contributed by atoms with Gasteiger partial charge in [0.2, 0.25) is 0 Å². The van der Waals surface area contributed by atoms with E-state index in [0.29, 0.717) is 17.0 Å². The van der Waals surface area contributed by atoms with Gasteiger partial charge < -0.3 is 15.3 Å². The number of H-pyrrole nitrogens is 2. The van der Waals surface area contributed by atoms with Crippen LogP contribution in [0.3, 0.4) is 0 Å². The van der Waals surface area contributed by atoms with Crippen molar-refractivity contribution in [3.05, 3.63) is 75.7 Å². The lowest BCUT2D eigenvalue weighted by Crippen LogP contribution is -2.13. The van der Waals surface area contributed by atoms with Crippen molar-refractivity contribution in [2.45, 2.75) is 18.8 Å². The first kappa shape index (κ1) is 17.0. The maximum Gasteiger partial charge on any atom is 0.256 e. The number of rotatable bonds is 4. The van der Waals surface area contributed by atoms with Crippen LogP contribution in [0.5, 0.6) is 0 Å². The van der Waals surface area contributed by atoms with E-state index in [1.54, 1.807) is 12.3 Å². The third-order valence-corrected chi connectivity index (χ3v) is 5.31. The molecule has 5 nitrogen and oxygen atoms in total. The first-order valence-corrected chi connectivity index (χ1v) is 9.40. The van der Waals surface area contributed by atoms with Crippen LogP contribution in [0.4, 0.5) is 15.8 Å². The van der Waals surface area contributed by atoms with Gasteiger partial charge in [-0.2, -0.15) is 0 Å². The van der Waals surface area contributed by atoms with Crippen LogP contribution < -0.4 is 10.9 Å². The number of halogens is 2. The van der Waals surface area contributed by atoms with Gasteiger partial charge in [0.05, 0.1) is 16.4 Å². The number of nitrogens with one attached hydrogen (secondary N) is 3. The molecule has 0 saturated heterocycles. The Labute approximate surface area is 164 Å². The molecule has 4 aromatic rings. The third-order valence-electron chi connectivity index (χ3n) is 5.02. The highest BCUT2D eigenvalue weighted by Crippen LogP contribution is 2.43. The molecule has 0 amide bonds. The second-order valence-corrected chi connectivity index (χ2v) is 7.37. The van der Waals surface area contributed by atoms with Gasteiger partial charge in [-0.15, -0.1) is 0 Å². The Balaban J connectivity index is 1.64. The van der Waals surface area contributed by atoms with Gasteiger partial charge in [0.25, 0.3) is 5.56 Å². The predicted molar refractivity (Wildman–Crippen MR) is 109 cm³/mol. The van der Waals surface area contributed by atoms with Crippen molar-refractivity contribution in [2.75, 3.05) is 5.32 Å². The highest BCUT2D eigenvalue weighted by Gasteiger charge is 2.28. The van der Waals surface area contributed by atoms with Gasteiger partial charge in [-0.1, -0.05) is 17.7 Å². The molecule has 1 fully saturated rings. The van der Waals surface area contributed by atoms with E-state index in [4.69, 9.17) is 11.6 Å². The summed E-state index contributed by atoms with van der Waals surface area (Å²) in [5.74, 6) is -0.175. The molecule has 3 aromatic heterocycles. The fraction of sp³-hybridized carbons (Fsp3) is 0.143. The molecule has 1 saturated carbocycles. The monoisotopic (exact) mass is 394 g/mol. The van der Waals surface area contributed by atoms with E-state index in [9.17, 15) is 9.18 Å². The number of benzene rings is 1. The van der Waals surface area contributed by atoms with E-state index in [1.807, 2.05) is 24.4 Å². The van der Waals surface area contributed by atoms with Gasteiger partial charge in [0.15, 0.2) is 0 Å². The quantitative estimate of drug-likeness (QED) is 0.438. The summed E-state index contributed by atoms with van der Waals surface area (Å²) in [5.41, 5.74) is 4.19. The van der Waals surface area contributed by atoms with Crippen LogP contribution in [-0.2, 0) is 0 Å². The fourth-order valence-electron chi connectivity index (χ4n) is 3.44. The van der Waals surface area contributed by atoms with Crippen molar-refractivity contribution < 1.29 is 4.39 Å². The zero-order chi connectivity index (χ0) is 19.3. The molecule has 1 aliphatic rings. The Bertz CT molecular complexity index is 1260. The molecule has 140 valence electrons. The van der Waals surface area contributed by atoms with Crippen molar-refractivity contribution in [1.82, 2.24) is 15.0 Å². The van der Waals surface area contributed by atoms with E-state index >= 15 is 0 Å². The lowest BCUT2D eigenvalue weighted by molar-refractivity contribution is 0.628. The largest absolute Gasteiger partial charge is 0.353 e. The molecule has 28 heavy (non-hydrogen) atoms. The first-order chi connectivity index (χ1) is 13.6. The van der Waals surface area contributed by atoms with E-state index in [2.05, 4.69) is 20.3 Å². The topological polar surface area (TPSA) is 73.6 Å².